The van der Waals surface area contributed by atoms with Crippen molar-refractivity contribution in [1.82, 2.24) is 19.7 Å². The zero-order valence-electron chi connectivity index (χ0n) is 15.7. The van der Waals surface area contributed by atoms with Crippen LogP contribution in [0, 0.1) is 11.6 Å². The number of hydrogen-bond acceptors (Lipinski definition) is 4. The molecule has 1 fully saturated rings. The first kappa shape index (κ1) is 18.5. The predicted octanol–water partition coefficient (Wildman–Crippen LogP) is 3.29. The van der Waals surface area contributed by atoms with E-state index >= 15 is 0 Å². The van der Waals surface area contributed by atoms with Crippen molar-refractivity contribution < 1.29 is 13.5 Å². The SMILES string of the molecule is CN(Cc1cccc(F)c1F)C1CCc2nnc(C3CCOCC3)n2CC1. The average molecular weight is 376 g/mol. The van der Waals surface area contributed by atoms with Gasteiger partial charge in [-0.05, 0) is 38.8 Å². The molecule has 2 aliphatic rings. The molecule has 146 valence electrons. The molecule has 2 aromatic rings. The lowest BCUT2D eigenvalue weighted by molar-refractivity contribution is 0.0826. The van der Waals surface area contributed by atoms with Crippen molar-refractivity contribution in [2.45, 2.75) is 57.2 Å². The summed E-state index contributed by atoms with van der Waals surface area (Å²) in [5, 5.41) is 8.91. The maximum Gasteiger partial charge on any atom is 0.163 e. The second-order valence-corrected chi connectivity index (χ2v) is 7.62. The van der Waals surface area contributed by atoms with Crippen LogP contribution in [0.5, 0.6) is 0 Å². The highest BCUT2D eigenvalue weighted by Gasteiger charge is 2.27. The summed E-state index contributed by atoms with van der Waals surface area (Å²) in [5.41, 5.74) is 0.407. The predicted molar refractivity (Wildman–Crippen MR) is 97.4 cm³/mol. The maximum absolute atomic E-state index is 14.0. The molecule has 0 saturated carbocycles. The lowest BCUT2D eigenvalue weighted by Gasteiger charge is -2.27. The molecule has 1 unspecified atom stereocenters. The third kappa shape index (κ3) is 3.89. The lowest BCUT2D eigenvalue weighted by atomic mass is 9.99. The molecule has 0 N–H and O–H groups in total. The van der Waals surface area contributed by atoms with Crippen molar-refractivity contribution >= 4 is 0 Å². The third-order valence-corrected chi connectivity index (χ3v) is 5.90. The standard InChI is InChI=1S/C20H26F2N4O/c1-25(13-15-3-2-4-17(21)19(15)22)16-5-6-18-23-24-20(26(18)10-7-16)14-8-11-27-12-9-14/h2-4,14,16H,5-13H2,1H3. The fourth-order valence-corrected chi connectivity index (χ4v) is 4.26. The Morgan fingerprint density at radius 3 is 2.78 bits per heavy atom. The van der Waals surface area contributed by atoms with Gasteiger partial charge in [0.05, 0.1) is 0 Å². The van der Waals surface area contributed by atoms with Gasteiger partial charge in [-0.3, -0.25) is 4.90 Å². The summed E-state index contributed by atoms with van der Waals surface area (Å²) in [6.45, 7) is 2.85. The van der Waals surface area contributed by atoms with Crippen molar-refractivity contribution in [3.8, 4) is 0 Å². The van der Waals surface area contributed by atoms with Gasteiger partial charge in [0.15, 0.2) is 11.6 Å². The van der Waals surface area contributed by atoms with E-state index in [1.165, 1.54) is 0 Å². The van der Waals surface area contributed by atoms with Crippen LogP contribution in [-0.2, 0) is 24.2 Å². The van der Waals surface area contributed by atoms with Gasteiger partial charge in [-0.15, -0.1) is 10.2 Å². The number of hydrogen-bond donors (Lipinski definition) is 0. The molecule has 1 atom stereocenters. The monoisotopic (exact) mass is 376 g/mol. The second-order valence-electron chi connectivity index (χ2n) is 7.62. The first-order valence-electron chi connectivity index (χ1n) is 9.76. The summed E-state index contributed by atoms with van der Waals surface area (Å²) >= 11 is 0. The van der Waals surface area contributed by atoms with Crippen molar-refractivity contribution in [1.29, 1.82) is 0 Å². The molecule has 27 heavy (non-hydrogen) atoms. The van der Waals surface area contributed by atoms with Crippen molar-refractivity contribution in [2.75, 3.05) is 20.3 Å². The van der Waals surface area contributed by atoms with Crippen LogP contribution in [0.4, 0.5) is 8.78 Å². The molecule has 1 aromatic heterocycles. The highest BCUT2D eigenvalue weighted by Crippen LogP contribution is 2.29. The molecule has 3 heterocycles. The number of nitrogens with zero attached hydrogens (tertiary/aromatic N) is 4. The average Bonchev–Trinajstić information content (AvgIpc) is 2.97. The molecule has 0 spiro atoms. The molecule has 0 amide bonds. The first-order valence-corrected chi connectivity index (χ1v) is 9.76. The van der Waals surface area contributed by atoms with E-state index in [0.717, 1.165) is 69.6 Å². The molecule has 1 aromatic carbocycles. The summed E-state index contributed by atoms with van der Waals surface area (Å²) in [6, 6.07) is 4.69. The quantitative estimate of drug-likeness (QED) is 0.821. The van der Waals surface area contributed by atoms with E-state index in [-0.39, 0.29) is 0 Å². The molecule has 0 radical (unpaired) electrons. The van der Waals surface area contributed by atoms with E-state index in [2.05, 4.69) is 19.7 Å². The molecule has 5 nitrogen and oxygen atoms in total. The van der Waals surface area contributed by atoms with E-state index in [4.69, 9.17) is 4.74 Å². The van der Waals surface area contributed by atoms with E-state index < -0.39 is 11.6 Å². The Bertz CT molecular complexity index is 788. The highest BCUT2D eigenvalue weighted by atomic mass is 19.2. The summed E-state index contributed by atoms with van der Waals surface area (Å²) in [7, 11) is 1.99. The molecule has 0 bridgehead atoms. The Kier molecular flexibility index (Phi) is 5.50. The van der Waals surface area contributed by atoms with Gasteiger partial charge in [0.2, 0.25) is 0 Å². The lowest BCUT2D eigenvalue weighted by Crippen LogP contribution is -2.32. The number of halogens is 2. The van der Waals surface area contributed by atoms with Crippen LogP contribution < -0.4 is 0 Å². The van der Waals surface area contributed by atoms with Crippen LogP contribution in [0.15, 0.2) is 18.2 Å². The van der Waals surface area contributed by atoms with E-state index in [0.29, 0.717) is 24.1 Å². The van der Waals surface area contributed by atoms with Gasteiger partial charge in [0.25, 0.3) is 0 Å². The summed E-state index contributed by atoms with van der Waals surface area (Å²) in [5.74, 6) is 1.04. The van der Waals surface area contributed by atoms with E-state index in [9.17, 15) is 8.78 Å². The zero-order chi connectivity index (χ0) is 18.8. The molecule has 7 heteroatoms. The molecule has 4 rings (SSSR count). The van der Waals surface area contributed by atoms with Gasteiger partial charge < -0.3 is 9.30 Å². The smallest absolute Gasteiger partial charge is 0.163 e. The summed E-state index contributed by atoms with van der Waals surface area (Å²) in [4.78, 5) is 2.13. The van der Waals surface area contributed by atoms with Gasteiger partial charge in [-0.2, -0.15) is 0 Å². The van der Waals surface area contributed by atoms with E-state index in [1.54, 1.807) is 12.1 Å². The molecule has 1 saturated heterocycles. The fraction of sp³-hybridized carbons (Fsp3) is 0.600. The Hall–Kier alpha value is -1.86. The number of ether oxygens (including phenoxy) is 1. The number of rotatable bonds is 4. The molecular formula is C20H26F2N4O. The molecule has 2 aliphatic heterocycles. The van der Waals surface area contributed by atoms with Crippen molar-refractivity contribution in [2.24, 2.45) is 0 Å². The largest absolute Gasteiger partial charge is 0.381 e. The first-order chi connectivity index (χ1) is 13.1. The minimum absolute atomic E-state index is 0.303. The Labute approximate surface area is 158 Å². The van der Waals surface area contributed by atoms with Crippen molar-refractivity contribution in [3.63, 3.8) is 0 Å². The minimum Gasteiger partial charge on any atom is -0.381 e. The fourth-order valence-electron chi connectivity index (χ4n) is 4.26. The Morgan fingerprint density at radius 1 is 1.15 bits per heavy atom. The second kappa shape index (κ2) is 8.02. The minimum atomic E-state index is -0.783. The number of fused-ring (bicyclic) bond motifs is 1. The van der Waals surface area contributed by atoms with Gasteiger partial charge in [0, 0.05) is 50.2 Å². The maximum atomic E-state index is 14.0. The highest BCUT2D eigenvalue weighted by molar-refractivity contribution is 5.19. The molecule has 0 aliphatic carbocycles. The van der Waals surface area contributed by atoms with Gasteiger partial charge >= 0.3 is 0 Å². The van der Waals surface area contributed by atoms with Crippen molar-refractivity contribution in [3.05, 3.63) is 47.0 Å². The van der Waals surface area contributed by atoms with Gasteiger partial charge in [0.1, 0.15) is 11.6 Å². The van der Waals surface area contributed by atoms with Gasteiger partial charge in [-0.1, -0.05) is 12.1 Å². The number of aryl methyl sites for hydroxylation is 1. The van der Waals surface area contributed by atoms with Crippen LogP contribution in [0.1, 0.15) is 48.8 Å². The molecular weight excluding hydrogens is 350 g/mol. The van der Waals surface area contributed by atoms with Crippen LogP contribution >= 0.6 is 0 Å². The van der Waals surface area contributed by atoms with Crippen LogP contribution in [0.2, 0.25) is 0 Å². The Balaban J connectivity index is 1.43. The Morgan fingerprint density at radius 2 is 1.96 bits per heavy atom. The van der Waals surface area contributed by atoms with Gasteiger partial charge in [-0.25, -0.2) is 8.78 Å². The number of benzene rings is 1. The summed E-state index contributed by atoms with van der Waals surface area (Å²) < 4.78 is 35.2. The normalized spacial score (nSPS) is 21.3. The van der Waals surface area contributed by atoms with E-state index in [1.807, 2.05) is 7.05 Å². The van der Waals surface area contributed by atoms with Crippen LogP contribution in [0.3, 0.4) is 0 Å². The third-order valence-electron chi connectivity index (χ3n) is 5.90. The number of aromatic nitrogens is 3. The zero-order valence-corrected chi connectivity index (χ0v) is 15.7. The topological polar surface area (TPSA) is 43.2 Å². The van der Waals surface area contributed by atoms with Crippen LogP contribution in [-0.4, -0.2) is 46.0 Å². The summed E-state index contributed by atoms with van der Waals surface area (Å²) in [6.07, 6.45) is 4.76. The van der Waals surface area contributed by atoms with Crippen LogP contribution in [0.25, 0.3) is 0 Å².